The number of sulfonamides is 1. The third kappa shape index (κ3) is 7.33. The standard InChI is InChI=1S/C25H24Cl2N4O4S2/c1-37(33,34)31-14-12-30(13-15-31)19-5-3-18(4-6-19)28-25(36)29-24(32)11-8-20-7-10-23(35-20)21-9-2-17(26)16-22(21)27/h2-11,16H,12-15H2,1H3,(H2,28,29,32,36)/b11-8+. The maximum atomic E-state index is 12.3. The number of halogens is 2. The van der Waals surface area contributed by atoms with Gasteiger partial charge in [-0.2, -0.15) is 4.31 Å². The molecule has 0 spiro atoms. The molecule has 2 aromatic carbocycles. The quantitative estimate of drug-likeness (QED) is 0.318. The van der Waals surface area contributed by atoms with E-state index in [1.165, 1.54) is 22.7 Å². The number of hydrogen-bond donors (Lipinski definition) is 2. The Morgan fingerprint density at radius 3 is 2.38 bits per heavy atom. The minimum Gasteiger partial charge on any atom is -0.457 e. The van der Waals surface area contributed by atoms with Crippen molar-refractivity contribution in [2.24, 2.45) is 0 Å². The molecule has 1 aliphatic rings. The van der Waals surface area contributed by atoms with Crippen LogP contribution >= 0.6 is 35.4 Å². The van der Waals surface area contributed by atoms with E-state index in [4.69, 9.17) is 39.8 Å². The Labute approximate surface area is 230 Å². The Hall–Kier alpha value is -2.89. The number of anilines is 2. The highest BCUT2D eigenvalue weighted by molar-refractivity contribution is 7.88. The van der Waals surface area contributed by atoms with Crippen LogP contribution in [0.1, 0.15) is 5.76 Å². The van der Waals surface area contributed by atoms with E-state index in [9.17, 15) is 13.2 Å². The van der Waals surface area contributed by atoms with E-state index in [1.54, 1.807) is 30.3 Å². The van der Waals surface area contributed by atoms with Crippen molar-refractivity contribution in [3.05, 3.63) is 76.5 Å². The van der Waals surface area contributed by atoms with Crippen molar-refractivity contribution in [3.8, 4) is 11.3 Å². The number of benzene rings is 2. The van der Waals surface area contributed by atoms with Crippen LogP contribution in [0.25, 0.3) is 17.4 Å². The Morgan fingerprint density at radius 1 is 1.03 bits per heavy atom. The maximum absolute atomic E-state index is 12.3. The van der Waals surface area contributed by atoms with Crippen molar-refractivity contribution in [1.82, 2.24) is 9.62 Å². The van der Waals surface area contributed by atoms with Gasteiger partial charge >= 0.3 is 0 Å². The van der Waals surface area contributed by atoms with E-state index in [2.05, 4.69) is 15.5 Å². The second-order valence-corrected chi connectivity index (χ2v) is 11.5. The molecular formula is C25H24Cl2N4O4S2. The van der Waals surface area contributed by atoms with Gasteiger partial charge < -0.3 is 14.6 Å². The highest BCUT2D eigenvalue weighted by Gasteiger charge is 2.23. The first-order chi connectivity index (χ1) is 17.6. The third-order valence-corrected chi connectivity index (χ3v) is 7.71. The predicted molar refractivity (Wildman–Crippen MR) is 153 cm³/mol. The summed E-state index contributed by atoms with van der Waals surface area (Å²) in [5.74, 6) is 0.614. The normalized spacial score (nSPS) is 14.6. The van der Waals surface area contributed by atoms with Crippen LogP contribution in [0.4, 0.5) is 11.4 Å². The summed E-state index contributed by atoms with van der Waals surface area (Å²) in [7, 11) is -3.17. The summed E-state index contributed by atoms with van der Waals surface area (Å²) >= 11 is 17.4. The van der Waals surface area contributed by atoms with Crippen LogP contribution in [-0.2, 0) is 14.8 Å². The fourth-order valence-corrected chi connectivity index (χ4v) is 5.33. The van der Waals surface area contributed by atoms with E-state index in [1.807, 2.05) is 24.3 Å². The average molecular weight is 580 g/mol. The minimum atomic E-state index is -3.17. The smallest absolute Gasteiger partial charge is 0.250 e. The number of nitrogens with zero attached hydrogens (tertiary/aromatic N) is 2. The highest BCUT2D eigenvalue weighted by Crippen LogP contribution is 2.31. The summed E-state index contributed by atoms with van der Waals surface area (Å²) in [6.07, 6.45) is 4.08. The molecule has 194 valence electrons. The molecule has 37 heavy (non-hydrogen) atoms. The van der Waals surface area contributed by atoms with E-state index >= 15 is 0 Å². The molecule has 4 rings (SSSR count). The molecule has 1 amide bonds. The second-order valence-electron chi connectivity index (χ2n) is 8.30. The van der Waals surface area contributed by atoms with Gasteiger partial charge in [0.1, 0.15) is 11.5 Å². The van der Waals surface area contributed by atoms with Gasteiger partial charge in [-0.05, 0) is 72.9 Å². The first-order valence-corrected chi connectivity index (χ1v) is 14.3. The number of hydrogen-bond acceptors (Lipinski definition) is 6. The average Bonchev–Trinajstić information content (AvgIpc) is 3.31. The van der Waals surface area contributed by atoms with E-state index in [0.717, 1.165) is 5.69 Å². The zero-order chi connectivity index (χ0) is 26.6. The summed E-state index contributed by atoms with van der Waals surface area (Å²) in [5.41, 5.74) is 2.39. The lowest BCUT2D eigenvalue weighted by molar-refractivity contribution is -0.115. The molecule has 8 nitrogen and oxygen atoms in total. The molecule has 2 N–H and O–H groups in total. The van der Waals surface area contributed by atoms with Crippen molar-refractivity contribution in [2.75, 3.05) is 42.7 Å². The first kappa shape index (κ1) is 27.2. The molecule has 0 radical (unpaired) electrons. The Balaban J connectivity index is 1.27. The van der Waals surface area contributed by atoms with Gasteiger partial charge in [-0.1, -0.05) is 23.2 Å². The first-order valence-electron chi connectivity index (χ1n) is 11.2. The van der Waals surface area contributed by atoms with Gasteiger partial charge in [-0.15, -0.1) is 0 Å². The molecule has 1 saturated heterocycles. The van der Waals surface area contributed by atoms with E-state index < -0.39 is 15.9 Å². The molecule has 0 aliphatic carbocycles. The lowest BCUT2D eigenvalue weighted by Gasteiger charge is -2.34. The van der Waals surface area contributed by atoms with Crippen molar-refractivity contribution in [1.29, 1.82) is 0 Å². The van der Waals surface area contributed by atoms with Gasteiger partial charge in [0.15, 0.2) is 5.11 Å². The topological polar surface area (TPSA) is 94.9 Å². The third-order valence-electron chi connectivity index (χ3n) is 5.66. The Kier molecular flexibility index (Phi) is 8.56. The summed E-state index contributed by atoms with van der Waals surface area (Å²) in [6.45, 7) is 2.14. The molecule has 3 aromatic rings. The summed E-state index contributed by atoms with van der Waals surface area (Å²) < 4.78 is 30.6. The van der Waals surface area contributed by atoms with Crippen molar-refractivity contribution in [2.45, 2.75) is 0 Å². The summed E-state index contributed by atoms with van der Waals surface area (Å²) in [6, 6.07) is 16.1. The molecule has 0 unspecified atom stereocenters. The van der Waals surface area contributed by atoms with E-state index in [-0.39, 0.29) is 5.11 Å². The fraction of sp³-hybridized carbons (Fsp3) is 0.200. The summed E-state index contributed by atoms with van der Waals surface area (Å²) in [5, 5.41) is 6.72. The molecule has 0 saturated carbocycles. The van der Waals surface area contributed by atoms with Crippen molar-refractivity contribution >= 4 is 73.9 Å². The van der Waals surface area contributed by atoms with Crippen LogP contribution in [-0.4, -0.2) is 56.2 Å². The number of piperazine rings is 1. The molecule has 0 bridgehead atoms. The fourth-order valence-electron chi connectivity index (χ4n) is 3.78. The molecular weight excluding hydrogens is 555 g/mol. The van der Waals surface area contributed by atoms with Gasteiger partial charge in [-0.25, -0.2) is 8.42 Å². The maximum Gasteiger partial charge on any atom is 0.250 e. The van der Waals surface area contributed by atoms with Gasteiger partial charge in [0.25, 0.3) is 0 Å². The van der Waals surface area contributed by atoms with Gasteiger partial charge in [0, 0.05) is 54.2 Å². The lowest BCUT2D eigenvalue weighted by Crippen LogP contribution is -2.48. The van der Waals surface area contributed by atoms with Crippen molar-refractivity contribution in [3.63, 3.8) is 0 Å². The zero-order valence-corrected chi connectivity index (χ0v) is 22.9. The SMILES string of the molecule is CS(=O)(=O)N1CCN(c2ccc(NC(=S)NC(=O)/C=C/c3ccc(-c4ccc(Cl)cc4Cl)o3)cc2)CC1. The van der Waals surface area contributed by atoms with Crippen LogP contribution in [0.15, 0.2) is 65.1 Å². The zero-order valence-electron chi connectivity index (χ0n) is 19.8. The number of furan rings is 1. The van der Waals surface area contributed by atoms with Gasteiger partial charge in [-0.3, -0.25) is 10.1 Å². The summed E-state index contributed by atoms with van der Waals surface area (Å²) in [4.78, 5) is 14.4. The second kappa shape index (κ2) is 11.7. The Bertz CT molecular complexity index is 1430. The monoisotopic (exact) mass is 578 g/mol. The molecule has 1 aliphatic heterocycles. The van der Waals surface area contributed by atoms with Crippen LogP contribution in [0.2, 0.25) is 10.0 Å². The number of rotatable bonds is 6. The largest absolute Gasteiger partial charge is 0.457 e. The number of thiocarbonyl (C=S) groups is 1. The number of nitrogens with one attached hydrogen (secondary N) is 2. The molecule has 12 heteroatoms. The minimum absolute atomic E-state index is 0.150. The van der Waals surface area contributed by atoms with Crippen LogP contribution in [0, 0.1) is 0 Å². The Morgan fingerprint density at radius 2 is 1.73 bits per heavy atom. The molecule has 2 heterocycles. The van der Waals surface area contributed by atoms with Crippen LogP contribution in [0.3, 0.4) is 0 Å². The number of amides is 1. The molecule has 1 fully saturated rings. The highest BCUT2D eigenvalue weighted by atomic mass is 35.5. The van der Waals surface area contributed by atoms with Crippen LogP contribution in [0.5, 0.6) is 0 Å². The lowest BCUT2D eigenvalue weighted by atomic mass is 10.2. The number of carbonyl (C=O) groups excluding carboxylic acids is 1. The predicted octanol–water partition coefficient (Wildman–Crippen LogP) is 4.86. The van der Waals surface area contributed by atoms with Crippen LogP contribution < -0.4 is 15.5 Å². The molecule has 0 atom stereocenters. The number of carbonyl (C=O) groups is 1. The van der Waals surface area contributed by atoms with Gasteiger partial charge in [0.2, 0.25) is 15.9 Å². The van der Waals surface area contributed by atoms with Crippen molar-refractivity contribution < 1.29 is 17.6 Å². The molecule has 1 aromatic heterocycles. The van der Waals surface area contributed by atoms with E-state index in [0.29, 0.717) is 59.0 Å². The van der Waals surface area contributed by atoms with Gasteiger partial charge in [0.05, 0.1) is 11.3 Å².